The van der Waals surface area contributed by atoms with Crippen molar-refractivity contribution in [3.05, 3.63) is 154 Å². The third-order valence-electron chi connectivity index (χ3n) is 13.7. The molecule has 1 saturated carbocycles. The van der Waals surface area contributed by atoms with Crippen LogP contribution in [0.15, 0.2) is 147 Å². The normalized spacial score (nSPS) is 33.2. The quantitative estimate of drug-likeness (QED) is 0.311. The molecule has 1 aromatic heterocycles. The van der Waals surface area contributed by atoms with E-state index in [1.807, 2.05) is 0 Å². The lowest BCUT2D eigenvalue weighted by Gasteiger charge is -2.46. The first-order valence-electron chi connectivity index (χ1n) is 19.3. The number of aryl methyl sites for hydroxylation is 1. The van der Waals surface area contributed by atoms with Crippen LogP contribution < -0.4 is 4.90 Å². The second-order valence-electron chi connectivity index (χ2n) is 15.8. The van der Waals surface area contributed by atoms with Gasteiger partial charge in [-0.25, -0.2) is 0 Å². The average molecular weight is 640 g/mol. The van der Waals surface area contributed by atoms with Gasteiger partial charge in [-0.1, -0.05) is 90.6 Å². The minimum absolute atomic E-state index is 0.130. The van der Waals surface area contributed by atoms with Crippen molar-refractivity contribution in [2.24, 2.45) is 29.1 Å². The zero-order valence-electron chi connectivity index (χ0n) is 28.4. The van der Waals surface area contributed by atoms with Crippen LogP contribution in [-0.4, -0.2) is 6.04 Å². The van der Waals surface area contributed by atoms with E-state index in [0.29, 0.717) is 23.7 Å². The Balaban J connectivity index is 1.09. The summed E-state index contributed by atoms with van der Waals surface area (Å²) in [6, 6.07) is 7.02. The number of rotatable bonds is 3. The SMILES string of the molecule is C1=CC2=CC(N(c3cccc4oc5c(c34)CCC=C5)C3C=CC4=C(C3)C3(C5=C4CCC=C5)C4CCCC=C4C4C=CCCC43)=CCC2C=C1. The molecule has 1 fully saturated rings. The minimum Gasteiger partial charge on any atom is -0.456 e. The van der Waals surface area contributed by atoms with Crippen LogP contribution in [0.2, 0.25) is 0 Å². The predicted octanol–water partition coefficient (Wildman–Crippen LogP) is 11.7. The molecule has 49 heavy (non-hydrogen) atoms. The summed E-state index contributed by atoms with van der Waals surface area (Å²) < 4.78 is 6.55. The van der Waals surface area contributed by atoms with Gasteiger partial charge in [-0.15, -0.1) is 0 Å². The number of fused-ring (bicyclic) bond motifs is 12. The van der Waals surface area contributed by atoms with Crippen LogP contribution in [0.25, 0.3) is 17.0 Å². The van der Waals surface area contributed by atoms with Crippen LogP contribution in [0, 0.1) is 29.1 Å². The molecule has 0 aliphatic heterocycles. The predicted molar refractivity (Wildman–Crippen MR) is 202 cm³/mol. The number of furan rings is 1. The molecule has 1 aromatic carbocycles. The molecule has 2 aromatic rings. The molecule has 1 spiro atoms. The summed E-state index contributed by atoms with van der Waals surface area (Å²) in [5.74, 6) is 3.42. The van der Waals surface area contributed by atoms with Crippen molar-refractivity contribution in [1.82, 2.24) is 0 Å². The van der Waals surface area contributed by atoms with E-state index in [-0.39, 0.29) is 11.5 Å². The molecule has 0 radical (unpaired) electrons. The Morgan fingerprint density at radius 2 is 1.80 bits per heavy atom. The fourth-order valence-electron chi connectivity index (χ4n) is 11.9. The summed E-state index contributed by atoms with van der Waals surface area (Å²) in [6.45, 7) is 0. The van der Waals surface area contributed by atoms with Gasteiger partial charge in [-0.2, -0.15) is 0 Å². The van der Waals surface area contributed by atoms with Crippen molar-refractivity contribution in [3.63, 3.8) is 0 Å². The van der Waals surface area contributed by atoms with E-state index in [1.165, 1.54) is 72.9 Å². The van der Waals surface area contributed by atoms with Gasteiger partial charge in [0.1, 0.15) is 11.3 Å². The first-order chi connectivity index (χ1) is 24.3. The Morgan fingerprint density at radius 3 is 2.80 bits per heavy atom. The molecule has 1 heterocycles. The van der Waals surface area contributed by atoms with E-state index in [1.54, 1.807) is 27.9 Å². The zero-order valence-corrected chi connectivity index (χ0v) is 28.4. The summed E-state index contributed by atoms with van der Waals surface area (Å²) in [5.41, 5.74) is 15.1. The molecule has 0 saturated heterocycles. The standard InChI is InChI=1S/C47H45NO/c1-2-13-31-28-32(25-24-30(31)12-1)48(43-21-11-23-45-46(43)38-17-6-10-22-44(38)49-45)33-26-27-37-36-16-5-9-20-41(36)47(42(37)29-33)39-18-7-3-14-34(39)35-15-4-8-19-40(35)47/h1-3,9-15,20-23,25-28,30,33-34,39-40H,4-8,16-19,24,29H2. The minimum atomic E-state index is 0.130. The molecule has 2 nitrogen and oxygen atoms in total. The highest BCUT2D eigenvalue weighted by molar-refractivity contribution is 5.97. The highest BCUT2D eigenvalue weighted by Crippen LogP contribution is 2.72. The Kier molecular flexibility index (Phi) is 6.32. The van der Waals surface area contributed by atoms with Gasteiger partial charge in [0, 0.05) is 33.9 Å². The van der Waals surface area contributed by atoms with Crippen LogP contribution in [0.1, 0.15) is 75.5 Å². The molecular formula is C47H45NO. The highest BCUT2D eigenvalue weighted by atomic mass is 16.3. The fourth-order valence-corrected chi connectivity index (χ4v) is 11.9. The smallest absolute Gasteiger partial charge is 0.137 e. The maximum Gasteiger partial charge on any atom is 0.137 e. The topological polar surface area (TPSA) is 16.4 Å². The molecule has 9 aliphatic carbocycles. The van der Waals surface area contributed by atoms with Gasteiger partial charge in [-0.05, 0) is 135 Å². The average Bonchev–Trinajstić information content (AvgIpc) is 3.79. The monoisotopic (exact) mass is 639 g/mol. The van der Waals surface area contributed by atoms with Gasteiger partial charge < -0.3 is 9.32 Å². The molecule has 11 rings (SSSR count). The van der Waals surface area contributed by atoms with E-state index in [4.69, 9.17) is 4.42 Å². The van der Waals surface area contributed by atoms with E-state index >= 15 is 0 Å². The van der Waals surface area contributed by atoms with Crippen molar-refractivity contribution in [2.45, 2.75) is 76.7 Å². The summed E-state index contributed by atoms with van der Waals surface area (Å²) in [7, 11) is 0. The van der Waals surface area contributed by atoms with Crippen molar-refractivity contribution in [1.29, 1.82) is 0 Å². The number of allylic oxidation sites excluding steroid dienone is 18. The van der Waals surface area contributed by atoms with Crippen molar-refractivity contribution >= 4 is 22.7 Å². The van der Waals surface area contributed by atoms with E-state index in [9.17, 15) is 0 Å². The van der Waals surface area contributed by atoms with Crippen molar-refractivity contribution in [3.8, 4) is 0 Å². The van der Waals surface area contributed by atoms with Gasteiger partial charge in [0.15, 0.2) is 0 Å². The number of benzene rings is 1. The second kappa shape index (κ2) is 10.8. The fraction of sp³-hybridized carbons (Fsp3) is 0.362. The zero-order chi connectivity index (χ0) is 32.1. The van der Waals surface area contributed by atoms with E-state index in [2.05, 4.69) is 114 Å². The summed E-state index contributed by atoms with van der Waals surface area (Å²) >= 11 is 0. The third kappa shape index (κ3) is 3.95. The number of hydrogen-bond donors (Lipinski definition) is 0. The van der Waals surface area contributed by atoms with Crippen LogP contribution in [0.4, 0.5) is 5.69 Å². The third-order valence-corrected chi connectivity index (χ3v) is 13.7. The molecule has 6 atom stereocenters. The second-order valence-corrected chi connectivity index (χ2v) is 15.8. The van der Waals surface area contributed by atoms with Gasteiger partial charge >= 0.3 is 0 Å². The molecular weight excluding hydrogens is 595 g/mol. The number of hydrogen-bond acceptors (Lipinski definition) is 2. The maximum absolute atomic E-state index is 6.55. The Bertz CT molecular complexity index is 2140. The van der Waals surface area contributed by atoms with Crippen molar-refractivity contribution < 1.29 is 4.42 Å². The van der Waals surface area contributed by atoms with Gasteiger partial charge in [0.2, 0.25) is 0 Å². The highest BCUT2D eigenvalue weighted by Gasteiger charge is 2.63. The lowest BCUT2D eigenvalue weighted by molar-refractivity contribution is 0.202. The molecule has 2 heteroatoms. The van der Waals surface area contributed by atoms with Gasteiger partial charge in [0.25, 0.3) is 0 Å². The maximum atomic E-state index is 6.55. The Hall–Kier alpha value is -4.30. The molecule has 6 unspecified atom stereocenters. The summed E-state index contributed by atoms with van der Waals surface area (Å²) in [4.78, 5) is 2.73. The van der Waals surface area contributed by atoms with Crippen LogP contribution in [0.3, 0.4) is 0 Å². The lowest BCUT2D eigenvalue weighted by atomic mass is 9.58. The van der Waals surface area contributed by atoms with E-state index in [0.717, 1.165) is 37.0 Å². The molecule has 244 valence electrons. The molecule has 0 amide bonds. The van der Waals surface area contributed by atoms with E-state index < -0.39 is 0 Å². The molecule has 0 bridgehead atoms. The molecule has 9 aliphatic rings. The Morgan fingerprint density at radius 1 is 0.837 bits per heavy atom. The van der Waals surface area contributed by atoms with Gasteiger partial charge in [-0.3, -0.25) is 0 Å². The first kappa shape index (κ1) is 28.5. The number of anilines is 1. The van der Waals surface area contributed by atoms with Crippen LogP contribution >= 0.6 is 0 Å². The van der Waals surface area contributed by atoms with Crippen LogP contribution in [0.5, 0.6) is 0 Å². The largest absolute Gasteiger partial charge is 0.456 e. The summed E-state index contributed by atoms with van der Waals surface area (Å²) in [6.07, 6.45) is 49.7. The Labute approximate surface area is 290 Å². The summed E-state index contributed by atoms with van der Waals surface area (Å²) in [5, 5.41) is 1.31. The van der Waals surface area contributed by atoms with Gasteiger partial charge in [0.05, 0.1) is 11.7 Å². The lowest BCUT2D eigenvalue weighted by Crippen LogP contribution is -2.41. The first-order valence-corrected chi connectivity index (χ1v) is 19.3. The number of nitrogens with zero attached hydrogens (tertiary/aromatic N) is 1. The molecule has 0 N–H and O–H groups in total. The van der Waals surface area contributed by atoms with Crippen molar-refractivity contribution in [2.75, 3.05) is 4.90 Å². The van der Waals surface area contributed by atoms with Crippen LogP contribution in [-0.2, 0) is 6.42 Å².